The van der Waals surface area contributed by atoms with Crippen molar-refractivity contribution in [3.8, 4) is 0 Å². The van der Waals surface area contributed by atoms with Gasteiger partial charge in [-0.1, -0.05) is 0 Å². The van der Waals surface area contributed by atoms with Crippen molar-refractivity contribution in [1.29, 1.82) is 0 Å². The number of hydrogen-bond acceptors (Lipinski definition) is 2. The molecule has 0 amide bonds. The SMILES string of the molecule is CO[SiH]OC.[C-]1=CC=CC1.[CH3-].[Cl-].[Cl-].[Cl-].[Ti+3]. The predicted molar refractivity (Wildman–Crippen MR) is 49.2 cm³/mol. The zero-order valence-electron chi connectivity index (χ0n) is 8.97. The Labute approximate surface area is 129 Å². The smallest absolute Gasteiger partial charge is 1.00 e. The molecular formula is C8H15Cl3O2SiTi-2. The summed E-state index contributed by atoms with van der Waals surface area (Å²) in [6, 6.07) is 0. The van der Waals surface area contributed by atoms with Gasteiger partial charge in [-0.15, -0.1) is 6.42 Å². The zero-order chi connectivity index (χ0) is 7.66. The molecule has 1 rings (SSSR count). The van der Waals surface area contributed by atoms with Crippen LogP contribution in [0.2, 0.25) is 0 Å². The van der Waals surface area contributed by atoms with Gasteiger partial charge in [-0.25, -0.2) is 12.2 Å². The summed E-state index contributed by atoms with van der Waals surface area (Å²) in [5, 5.41) is 0. The predicted octanol–water partition coefficient (Wildman–Crippen LogP) is -7.69. The van der Waals surface area contributed by atoms with Crippen molar-refractivity contribution in [2.45, 2.75) is 6.42 Å². The van der Waals surface area contributed by atoms with E-state index in [2.05, 4.69) is 21.0 Å². The molecule has 0 aromatic rings. The second kappa shape index (κ2) is 36.2. The van der Waals surface area contributed by atoms with Gasteiger partial charge < -0.3 is 53.5 Å². The molecule has 0 saturated carbocycles. The van der Waals surface area contributed by atoms with Crippen LogP contribution in [0, 0.1) is 13.5 Å². The van der Waals surface area contributed by atoms with E-state index < -0.39 is 0 Å². The second-order valence-corrected chi connectivity index (χ2v) is 2.71. The molecule has 90 valence electrons. The van der Waals surface area contributed by atoms with E-state index >= 15 is 0 Å². The summed E-state index contributed by atoms with van der Waals surface area (Å²) in [4.78, 5) is 0. The molecule has 1 aliphatic carbocycles. The molecule has 0 fully saturated rings. The maximum atomic E-state index is 4.55. The van der Waals surface area contributed by atoms with E-state index in [4.69, 9.17) is 0 Å². The number of allylic oxidation sites excluding steroid dienone is 4. The maximum Gasteiger partial charge on any atom is 3.00 e. The van der Waals surface area contributed by atoms with Crippen LogP contribution in [0.1, 0.15) is 6.42 Å². The summed E-state index contributed by atoms with van der Waals surface area (Å²) in [5.41, 5.74) is 0. The van der Waals surface area contributed by atoms with Crippen molar-refractivity contribution in [3.05, 3.63) is 31.7 Å². The minimum Gasteiger partial charge on any atom is -1.00 e. The second-order valence-electron chi connectivity index (χ2n) is 1.57. The molecule has 0 aromatic carbocycles. The van der Waals surface area contributed by atoms with Gasteiger partial charge in [-0.3, -0.25) is 6.08 Å². The Morgan fingerprint density at radius 2 is 1.60 bits per heavy atom. The van der Waals surface area contributed by atoms with Crippen molar-refractivity contribution in [3.63, 3.8) is 0 Å². The van der Waals surface area contributed by atoms with Gasteiger partial charge in [0.15, 0.2) is 0 Å². The van der Waals surface area contributed by atoms with Gasteiger partial charge in [0.05, 0.1) is 0 Å². The zero-order valence-corrected chi connectivity index (χ0v) is 14.0. The van der Waals surface area contributed by atoms with Crippen molar-refractivity contribution in [2.75, 3.05) is 14.2 Å². The van der Waals surface area contributed by atoms with Gasteiger partial charge in [-0.05, 0) is 0 Å². The van der Waals surface area contributed by atoms with Gasteiger partial charge in [-0.2, -0.15) is 6.08 Å². The molecule has 0 saturated heterocycles. The topological polar surface area (TPSA) is 18.5 Å². The Morgan fingerprint density at radius 1 is 1.13 bits per heavy atom. The largest absolute Gasteiger partial charge is 3.00 e. The van der Waals surface area contributed by atoms with E-state index in [9.17, 15) is 0 Å². The van der Waals surface area contributed by atoms with Crippen LogP contribution in [0.5, 0.6) is 0 Å². The monoisotopic (exact) mass is 324 g/mol. The third-order valence-corrected chi connectivity index (χ3v) is 1.16. The van der Waals surface area contributed by atoms with Crippen LogP contribution in [0.25, 0.3) is 0 Å². The Kier molecular flexibility index (Phi) is 86.8. The van der Waals surface area contributed by atoms with Gasteiger partial charge >= 0.3 is 31.7 Å². The van der Waals surface area contributed by atoms with Crippen molar-refractivity contribution in [1.82, 2.24) is 0 Å². The first-order valence-electron chi connectivity index (χ1n) is 3.01. The fourth-order valence-electron chi connectivity index (χ4n) is 0.436. The molecule has 2 radical (unpaired) electrons. The molecule has 0 aliphatic heterocycles. The first kappa shape index (κ1) is 36.0. The van der Waals surface area contributed by atoms with Crippen LogP contribution in [0.3, 0.4) is 0 Å². The quantitative estimate of drug-likeness (QED) is 0.371. The first-order chi connectivity index (χ1) is 4.91. The fraction of sp³-hybridized carbons (Fsp3) is 0.375. The summed E-state index contributed by atoms with van der Waals surface area (Å²) >= 11 is 0. The molecule has 0 bridgehead atoms. The van der Waals surface area contributed by atoms with Crippen molar-refractivity contribution < 1.29 is 67.8 Å². The summed E-state index contributed by atoms with van der Waals surface area (Å²) in [7, 11) is 3.06. The van der Waals surface area contributed by atoms with E-state index in [0.29, 0.717) is 0 Å². The Balaban J connectivity index is -0.0000000202. The van der Waals surface area contributed by atoms with Gasteiger partial charge in [0.1, 0.15) is 0 Å². The third kappa shape index (κ3) is 39.4. The van der Waals surface area contributed by atoms with E-state index in [0.717, 1.165) is 6.42 Å². The summed E-state index contributed by atoms with van der Waals surface area (Å²) in [6.07, 6.45) is 10.0. The molecule has 15 heavy (non-hydrogen) atoms. The van der Waals surface area contributed by atoms with E-state index in [1.807, 2.05) is 12.2 Å². The minimum absolute atomic E-state index is 0. The molecule has 0 N–H and O–H groups in total. The molecule has 2 nitrogen and oxygen atoms in total. The number of halogens is 3. The summed E-state index contributed by atoms with van der Waals surface area (Å²) in [6.45, 7) is 0. The molecule has 0 spiro atoms. The van der Waals surface area contributed by atoms with Crippen LogP contribution in [0.4, 0.5) is 0 Å². The molecule has 0 aromatic heterocycles. The Hall–Kier alpha value is 1.20. The van der Waals surface area contributed by atoms with Gasteiger partial charge in [0.25, 0.3) is 0 Å². The van der Waals surface area contributed by atoms with Crippen LogP contribution in [0.15, 0.2) is 18.2 Å². The molecule has 0 atom stereocenters. The van der Waals surface area contributed by atoms with E-state index in [1.165, 1.54) is 0 Å². The molecular weight excluding hydrogens is 310 g/mol. The summed E-state index contributed by atoms with van der Waals surface area (Å²) < 4.78 is 9.10. The summed E-state index contributed by atoms with van der Waals surface area (Å²) in [5.74, 6) is 0. The fourth-order valence-corrected chi connectivity index (χ4v) is 0.629. The van der Waals surface area contributed by atoms with E-state index in [-0.39, 0.29) is 76.4 Å². The van der Waals surface area contributed by atoms with Crippen LogP contribution >= 0.6 is 0 Å². The Morgan fingerprint density at radius 3 is 1.67 bits per heavy atom. The average molecular weight is 326 g/mol. The van der Waals surface area contributed by atoms with E-state index in [1.54, 1.807) is 14.2 Å². The van der Waals surface area contributed by atoms with Gasteiger partial charge in [0, 0.05) is 14.2 Å². The standard InChI is InChI=1S/C5H5.C2H7O2Si.CH3.3ClH.Ti/c1-2-4-5-3-1;1-3-5-4-2;;;;;/h1-3H,4H2;5H,1-2H3;1H3;3*1H;/q-1;;-1;;;;+3/p-3. The third-order valence-electron chi connectivity index (χ3n) is 0.778. The Bertz CT molecular complexity index is 114. The average Bonchev–Trinajstić information content (AvgIpc) is 2.44. The molecule has 7 heteroatoms. The first-order valence-corrected chi connectivity index (χ1v) is 3.95. The van der Waals surface area contributed by atoms with Crippen molar-refractivity contribution in [2.24, 2.45) is 0 Å². The molecule has 1 aliphatic rings. The molecule has 0 unspecified atom stereocenters. The maximum absolute atomic E-state index is 4.55. The van der Waals surface area contributed by atoms with Crippen LogP contribution in [-0.4, -0.2) is 24.2 Å². The van der Waals surface area contributed by atoms with Crippen LogP contribution in [-0.2, 0) is 30.6 Å². The van der Waals surface area contributed by atoms with Crippen molar-refractivity contribution >= 4 is 10.0 Å². The minimum atomic E-state index is -0.185. The normalized spacial score (nSPS) is 8.67. The number of rotatable bonds is 2. The molecule has 0 heterocycles. The van der Waals surface area contributed by atoms with Gasteiger partial charge in [0.2, 0.25) is 0 Å². The van der Waals surface area contributed by atoms with Crippen LogP contribution < -0.4 is 37.2 Å². The number of hydrogen-bond donors (Lipinski definition) is 0.